The third-order valence-electron chi connectivity index (χ3n) is 4.09. The normalized spacial score (nSPS) is 17.9. The number of hydrogen-bond acceptors (Lipinski definition) is 3. The molecule has 2 rings (SSSR count). The van der Waals surface area contributed by atoms with Gasteiger partial charge in [-0.1, -0.05) is 38.4 Å². The molecule has 104 valence electrons. The van der Waals surface area contributed by atoms with Crippen LogP contribution in [0.15, 0.2) is 18.5 Å². The first-order chi connectivity index (χ1) is 9.22. The Bertz CT molecular complexity index is 427. The van der Waals surface area contributed by atoms with Crippen molar-refractivity contribution in [3.8, 4) is 0 Å². The predicted molar refractivity (Wildman–Crippen MR) is 84.4 cm³/mol. The number of aromatic nitrogens is 1. The molecule has 1 atom stereocenters. The smallest absolute Gasteiger partial charge is 0.106 e. The molecule has 1 aliphatic rings. The summed E-state index contributed by atoms with van der Waals surface area (Å²) in [5.74, 6) is 0.762. The number of hydrogen-bond donors (Lipinski definition) is 2. The topological polar surface area (TPSA) is 50.9 Å². The van der Waals surface area contributed by atoms with Gasteiger partial charge < -0.3 is 11.1 Å². The summed E-state index contributed by atoms with van der Waals surface area (Å²) in [6.45, 7) is 2.24. The summed E-state index contributed by atoms with van der Waals surface area (Å²) in [5.41, 5.74) is 7.66. The molecule has 0 radical (unpaired) electrons. The second-order valence-corrected chi connectivity index (χ2v) is 5.78. The maximum absolute atomic E-state index is 5.77. The van der Waals surface area contributed by atoms with Crippen molar-refractivity contribution in [3.63, 3.8) is 0 Å². The molecular weight excluding hydrogens is 254 g/mol. The summed E-state index contributed by atoms with van der Waals surface area (Å²) < 4.78 is 0. The number of thiocarbonyl (C=S) groups is 1. The van der Waals surface area contributed by atoms with E-state index >= 15 is 0 Å². The van der Waals surface area contributed by atoms with E-state index in [1.807, 2.05) is 12.3 Å². The van der Waals surface area contributed by atoms with E-state index < -0.39 is 0 Å². The highest BCUT2D eigenvalue weighted by molar-refractivity contribution is 7.80. The molecule has 1 aromatic rings. The van der Waals surface area contributed by atoms with Crippen LogP contribution in [0.1, 0.15) is 51.0 Å². The van der Waals surface area contributed by atoms with Gasteiger partial charge in [-0.3, -0.25) is 4.98 Å². The lowest BCUT2D eigenvalue weighted by atomic mass is 9.83. The zero-order chi connectivity index (χ0) is 13.7. The van der Waals surface area contributed by atoms with E-state index in [0.717, 1.165) is 23.6 Å². The van der Waals surface area contributed by atoms with Gasteiger partial charge in [-0.2, -0.15) is 0 Å². The van der Waals surface area contributed by atoms with E-state index in [0.29, 0.717) is 11.0 Å². The van der Waals surface area contributed by atoms with E-state index in [1.165, 1.54) is 32.1 Å². The molecule has 19 heavy (non-hydrogen) atoms. The van der Waals surface area contributed by atoms with E-state index in [9.17, 15) is 0 Å². The lowest BCUT2D eigenvalue weighted by molar-refractivity contribution is 0.313. The van der Waals surface area contributed by atoms with Gasteiger partial charge in [0.1, 0.15) is 4.99 Å². The molecule has 0 bridgehead atoms. The molecule has 0 amide bonds. The van der Waals surface area contributed by atoms with Crippen LogP contribution >= 0.6 is 12.2 Å². The van der Waals surface area contributed by atoms with Gasteiger partial charge >= 0.3 is 0 Å². The van der Waals surface area contributed by atoms with Gasteiger partial charge in [-0.05, 0) is 31.2 Å². The highest BCUT2D eigenvalue weighted by Crippen LogP contribution is 2.30. The molecule has 0 aromatic carbocycles. The molecule has 4 heteroatoms. The zero-order valence-corrected chi connectivity index (χ0v) is 12.4. The van der Waals surface area contributed by atoms with Gasteiger partial charge in [0, 0.05) is 17.8 Å². The molecule has 1 saturated carbocycles. The van der Waals surface area contributed by atoms with Gasteiger partial charge in [0.15, 0.2) is 0 Å². The van der Waals surface area contributed by atoms with Crippen molar-refractivity contribution in [1.29, 1.82) is 0 Å². The second kappa shape index (κ2) is 6.85. The van der Waals surface area contributed by atoms with Crippen LogP contribution in [0.3, 0.4) is 0 Å². The van der Waals surface area contributed by atoms with Crippen molar-refractivity contribution >= 4 is 22.9 Å². The van der Waals surface area contributed by atoms with Crippen LogP contribution < -0.4 is 11.1 Å². The van der Waals surface area contributed by atoms with Crippen molar-refractivity contribution in [2.24, 2.45) is 11.7 Å². The lowest BCUT2D eigenvalue weighted by Crippen LogP contribution is -2.31. The molecule has 1 aromatic heterocycles. The third kappa shape index (κ3) is 3.66. The Hall–Kier alpha value is -1.16. The molecule has 0 saturated heterocycles. The largest absolute Gasteiger partial charge is 0.389 e. The van der Waals surface area contributed by atoms with Crippen molar-refractivity contribution in [2.45, 2.75) is 51.5 Å². The van der Waals surface area contributed by atoms with Crippen molar-refractivity contribution in [1.82, 2.24) is 4.98 Å². The van der Waals surface area contributed by atoms with Crippen LogP contribution in [0.25, 0.3) is 0 Å². The number of anilines is 1. The molecule has 1 unspecified atom stereocenters. The Labute approximate surface area is 121 Å². The quantitative estimate of drug-likeness (QED) is 0.809. The molecule has 3 nitrogen and oxygen atoms in total. The fourth-order valence-corrected chi connectivity index (χ4v) is 3.19. The third-order valence-corrected chi connectivity index (χ3v) is 4.31. The maximum Gasteiger partial charge on any atom is 0.106 e. The fourth-order valence-electron chi connectivity index (χ4n) is 3.01. The van der Waals surface area contributed by atoms with Crippen LogP contribution in [0, 0.1) is 5.92 Å². The average Bonchev–Trinajstić information content (AvgIpc) is 2.46. The van der Waals surface area contributed by atoms with Crippen LogP contribution in [0.2, 0.25) is 0 Å². The fraction of sp³-hybridized carbons (Fsp3) is 0.600. The monoisotopic (exact) mass is 277 g/mol. The Kier molecular flexibility index (Phi) is 5.14. The molecule has 1 heterocycles. The predicted octanol–water partition coefficient (Wildman–Crippen LogP) is 3.49. The first-order valence-electron chi connectivity index (χ1n) is 7.22. The summed E-state index contributed by atoms with van der Waals surface area (Å²) in [4.78, 5) is 4.62. The van der Waals surface area contributed by atoms with Gasteiger partial charge in [-0.15, -0.1) is 0 Å². The summed E-state index contributed by atoms with van der Waals surface area (Å²) in [7, 11) is 0. The van der Waals surface area contributed by atoms with E-state index in [-0.39, 0.29) is 0 Å². The highest BCUT2D eigenvalue weighted by atomic mass is 32.1. The number of nitrogens with zero attached hydrogens (tertiary/aromatic N) is 1. The first kappa shape index (κ1) is 14.3. The van der Waals surface area contributed by atoms with Crippen LogP contribution in [0.5, 0.6) is 0 Å². The number of nitrogens with two attached hydrogens (primary N) is 1. The maximum atomic E-state index is 5.77. The summed E-state index contributed by atoms with van der Waals surface area (Å²) in [5, 5.41) is 3.62. The Morgan fingerprint density at radius 1 is 1.47 bits per heavy atom. The number of pyridine rings is 1. The SMILES string of the molecule is CCC(Nc1cnccc1C(N)=S)C1CCCCC1. The molecule has 1 fully saturated rings. The van der Waals surface area contributed by atoms with Crippen LogP contribution in [-0.2, 0) is 0 Å². The van der Waals surface area contributed by atoms with Crippen molar-refractivity contribution in [2.75, 3.05) is 5.32 Å². The molecular formula is C15H23N3S. The average molecular weight is 277 g/mol. The minimum absolute atomic E-state index is 0.434. The number of nitrogens with one attached hydrogen (secondary N) is 1. The molecule has 0 aliphatic heterocycles. The summed E-state index contributed by atoms with van der Waals surface area (Å²) in [6.07, 6.45) is 11.5. The van der Waals surface area contributed by atoms with Gasteiger partial charge in [0.05, 0.1) is 11.9 Å². The van der Waals surface area contributed by atoms with Gasteiger partial charge in [0.25, 0.3) is 0 Å². The van der Waals surface area contributed by atoms with Gasteiger partial charge in [-0.25, -0.2) is 0 Å². The summed E-state index contributed by atoms with van der Waals surface area (Å²) >= 11 is 5.11. The van der Waals surface area contributed by atoms with E-state index in [1.54, 1.807) is 6.20 Å². The Morgan fingerprint density at radius 3 is 2.84 bits per heavy atom. The zero-order valence-electron chi connectivity index (χ0n) is 11.6. The van der Waals surface area contributed by atoms with Crippen LogP contribution in [-0.4, -0.2) is 16.0 Å². The standard InChI is InChI=1S/C15H23N3S/c1-2-13(11-6-4-3-5-7-11)18-14-10-17-9-8-12(14)15(16)19/h8-11,13,18H,2-7H2,1H3,(H2,16,19). The number of rotatable bonds is 5. The second-order valence-electron chi connectivity index (χ2n) is 5.34. The van der Waals surface area contributed by atoms with Gasteiger partial charge in [0.2, 0.25) is 0 Å². The molecule has 0 spiro atoms. The Morgan fingerprint density at radius 2 is 2.21 bits per heavy atom. The van der Waals surface area contributed by atoms with E-state index in [4.69, 9.17) is 18.0 Å². The minimum atomic E-state index is 0.434. The highest BCUT2D eigenvalue weighted by Gasteiger charge is 2.23. The molecule has 3 N–H and O–H groups in total. The van der Waals surface area contributed by atoms with Crippen molar-refractivity contribution in [3.05, 3.63) is 24.0 Å². The van der Waals surface area contributed by atoms with E-state index in [2.05, 4.69) is 17.2 Å². The lowest BCUT2D eigenvalue weighted by Gasteiger charge is -2.31. The molecule has 1 aliphatic carbocycles. The minimum Gasteiger partial charge on any atom is -0.389 e. The first-order valence-corrected chi connectivity index (χ1v) is 7.63. The summed E-state index contributed by atoms with van der Waals surface area (Å²) in [6, 6.07) is 2.38. The Balaban J connectivity index is 2.11. The van der Waals surface area contributed by atoms with Crippen LogP contribution in [0.4, 0.5) is 5.69 Å². The van der Waals surface area contributed by atoms with Crippen molar-refractivity contribution < 1.29 is 0 Å².